The maximum atomic E-state index is 12.1. The number of aromatic nitrogens is 1. The van der Waals surface area contributed by atoms with E-state index < -0.39 is 11.9 Å². The molecule has 5 heteroatoms. The summed E-state index contributed by atoms with van der Waals surface area (Å²) in [5.74, 6) is -1.50. The van der Waals surface area contributed by atoms with Crippen LogP contribution in [-0.4, -0.2) is 40.0 Å². The van der Waals surface area contributed by atoms with E-state index >= 15 is 0 Å². The Morgan fingerprint density at radius 1 is 1.16 bits per heavy atom. The van der Waals surface area contributed by atoms with Gasteiger partial charge >= 0.3 is 5.97 Å². The van der Waals surface area contributed by atoms with Gasteiger partial charge in [0.25, 0.3) is 5.91 Å². The van der Waals surface area contributed by atoms with Crippen LogP contribution in [0.3, 0.4) is 0 Å². The number of aliphatic carboxylic acids is 1. The van der Waals surface area contributed by atoms with E-state index in [1.54, 1.807) is 6.07 Å². The Labute approximate surface area is 109 Å². The molecule has 0 saturated carbocycles. The molecule has 1 aromatic carbocycles. The molecule has 1 aliphatic rings. The molecule has 96 valence electrons. The van der Waals surface area contributed by atoms with Crippen molar-refractivity contribution in [1.82, 2.24) is 9.88 Å². The van der Waals surface area contributed by atoms with E-state index in [9.17, 15) is 9.59 Å². The molecule has 0 bridgehead atoms. The Morgan fingerprint density at radius 3 is 2.63 bits per heavy atom. The van der Waals surface area contributed by atoms with Crippen LogP contribution in [0.2, 0.25) is 0 Å². The van der Waals surface area contributed by atoms with Crippen molar-refractivity contribution in [3.05, 3.63) is 42.1 Å². The minimum absolute atomic E-state index is 0.205. The summed E-state index contributed by atoms with van der Waals surface area (Å²) in [4.78, 5) is 28.6. The Morgan fingerprint density at radius 2 is 1.89 bits per heavy atom. The first-order valence-electron chi connectivity index (χ1n) is 6.03. The first-order chi connectivity index (χ1) is 9.15. The molecule has 5 nitrogen and oxygen atoms in total. The number of hydrogen-bond acceptors (Lipinski definition) is 3. The van der Waals surface area contributed by atoms with Crippen molar-refractivity contribution in [1.29, 1.82) is 0 Å². The molecule has 0 atom stereocenters. The summed E-state index contributed by atoms with van der Waals surface area (Å²) in [6, 6.07) is 11.1. The van der Waals surface area contributed by atoms with Crippen LogP contribution in [-0.2, 0) is 4.79 Å². The fourth-order valence-electron chi connectivity index (χ4n) is 2.15. The van der Waals surface area contributed by atoms with E-state index in [1.165, 1.54) is 4.90 Å². The first-order valence-corrected chi connectivity index (χ1v) is 6.03. The fraction of sp³-hybridized carbons (Fsp3) is 0.214. The molecule has 1 aliphatic heterocycles. The molecule has 19 heavy (non-hydrogen) atoms. The molecule has 0 aliphatic carbocycles. The minimum Gasteiger partial charge on any atom is -0.481 e. The molecule has 1 aromatic heterocycles. The monoisotopic (exact) mass is 256 g/mol. The van der Waals surface area contributed by atoms with E-state index in [4.69, 9.17) is 5.11 Å². The lowest BCUT2D eigenvalue weighted by Gasteiger charge is -2.36. The van der Waals surface area contributed by atoms with Gasteiger partial charge in [-0.2, -0.15) is 0 Å². The van der Waals surface area contributed by atoms with Gasteiger partial charge in [-0.05, 0) is 12.1 Å². The molecule has 1 saturated heterocycles. The Balaban J connectivity index is 1.81. The van der Waals surface area contributed by atoms with Crippen molar-refractivity contribution in [3.8, 4) is 0 Å². The van der Waals surface area contributed by atoms with Gasteiger partial charge in [0, 0.05) is 18.5 Å². The average Bonchev–Trinajstić information content (AvgIpc) is 2.35. The number of fused-ring (bicyclic) bond motifs is 1. The molecule has 3 rings (SSSR count). The highest BCUT2D eigenvalue weighted by Gasteiger charge is 2.36. The molecule has 0 radical (unpaired) electrons. The number of hydrogen-bond donors (Lipinski definition) is 1. The number of carbonyl (C=O) groups is 2. The summed E-state index contributed by atoms with van der Waals surface area (Å²) in [6.07, 6.45) is 0. The molecule has 0 spiro atoms. The minimum atomic E-state index is -0.851. The zero-order valence-corrected chi connectivity index (χ0v) is 10.1. The van der Waals surface area contributed by atoms with Crippen LogP contribution < -0.4 is 0 Å². The zero-order chi connectivity index (χ0) is 13.4. The van der Waals surface area contributed by atoms with Crippen LogP contribution >= 0.6 is 0 Å². The van der Waals surface area contributed by atoms with E-state index in [2.05, 4.69) is 4.98 Å². The number of nitrogens with zero attached hydrogens (tertiary/aromatic N) is 2. The summed E-state index contributed by atoms with van der Waals surface area (Å²) in [7, 11) is 0. The largest absolute Gasteiger partial charge is 0.481 e. The number of para-hydroxylation sites is 1. The van der Waals surface area contributed by atoms with Crippen molar-refractivity contribution < 1.29 is 14.7 Å². The van der Waals surface area contributed by atoms with Crippen LogP contribution in [0.4, 0.5) is 0 Å². The smallest absolute Gasteiger partial charge is 0.310 e. The lowest BCUT2D eigenvalue weighted by molar-refractivity contribution is -0.146. The zero-order valence-electron chi connectivity index (χ0n) is 10.1. The van der Waals surface area contributed by atoms with Crippen molar-refractivity contribution in [2.75, 3.05) is 13.1 Å². The van der Waals surface area contributed by atoms with Gasteiger partial charge < -0.3 is 10.0 Å². The van der Waals surface area contributed by atoms with Crippen LogP contribution in [0.15, 0.2) is 36.4 Å². The third-order valence-electron chi connectivity index (χ3n) is 3.34. The second-order valence-corrected chi connectivity index (χ2v) is 4.63. The molecule has 0 unspecified atom stereocenters. The van der Waals surface area contributed by atoms with Crippen molar-refractivity contribution in [3.63, 3.8) is 0 Å². The number of likely N-dealkylation sites (tertiary alicyclic amines) is 1. The van der Waals surface area contributed by atoms with Gasteiger partial charge in [-0.25, -0.2) is 4.98 Å². The number of amides is 1. The fourth-order valence-corrected chi connectivity index (χ4v) is 2.15. The standard InChI is InChI=1S/C14H12N2O3/c17-13(16-7-10(8-16)14(18)19)12-6-5-9-3-1-2-4-11(9)15-12/h1-6,10H,7-8H2,(H,18,19). The Bertz CT molecular complexity index is 663. The molecule has 2 heterocycles. The number of pyridine rings is 1. The molecular formula is C14H12N2O3. The molecule has 1 fully saturated rings. The lowest BCUT2D eigenvalue weighted by Crippen LogP contribution is -2.53. The topological polar surface area (TPSA) is 70.5 Å². The summed E-state index contributed by atoms with van der Waals surface area (Å²) >= 11 is 0. The number of carboxylic acid groups (broad SMARTS) is 1. The van der Waals surface area contributed by atoms with Crippen LogP contribution in [0.25, 0.3) is 10.9 Å². The SMILES string of the molecule is O=C(O)C1CN(C(=O)c2ccc3ccccc3n2)C1. The molecule has 1 amide bonds. The maximum absolute atomic E-state index is 12.1. The summed E-state index contributed by atoms with van der Waals surface area (Å²) in [5.41, 5.74) is 1.13. The number of carbonyl (C=O) groups excluding carboxylic acids is 1. The van der Waals surface area contributed by atoms with Crippen molar-refractivity contribution in [2.24, 2.45) is 5.92 Å². The van der Waals surface area contributed by atoms with Gasteiger partial charge in [-0.15, -0.1) is 0 Å². The highest BCUT2D eigenvalue weighted by Crippen LogP contribution is 2.19. The van der Waals surface area contributed by atoms with Gasteiger partial charge in [0.15, 0.2) is 0 Å². The molecule has 1 N–H and O–H groups in total. The summed E-state index contributed by atoms with van der Waals surface area (Å²) in [6.45, 7) is 0.533. The average molecular weight is 256 g/mol. The van der Waals surface area contributed by atoms with Gasteiger partial charge in [-0.1, -0.05) is 24.3 Å². The van der Waals surface area contributed by atoms with Crippen LogP contribution in [0.5, 0.6) is 0 Å². The predicted molar refractivity (Wildman–Crippen MR) is 68.8 cm³/mol. The third kappa shape index (κ3) is 2.03. The van der Waals surface area contributed by atoms with Crippen LogP contribution in [0, 0.1) is 5.92 Å². The number of rotatable bonds is 2. The van der Waals surface area contributed by atoms with E-state index in [1.807, 2.05) is 30.3 Å². The van der Waals surface area contributed by atoms with E-state index in [0.29, 0.717) is 5.69 Å². The number of carboxylic acids is 1. The summed E-state index contributed by atoms with van der Waals surface area (Å²) in [5, 5.41) is 9.77. The van der Waals surface area contributed by atoms with E-state index in [0.717, 1.165) is 10.9 Å². The predicted octanol–water partition coefficient (Wildman–Crippen LogP) is 1.39. The van der Waals surface area contributed by atoms with Gasteiger partial charge in [0.05, 0.1) is 11.4 Å². The molecule has 2 aromatic rings. The highest BCUT2D eigenvalue weighted by molar-refractivity contribution is 5.96. The van der Waals surface area contributed by atoms with E-state index in [-0.39, 0.29) is 19.0 Å². The lowest BCUT2D eigenvalue weighted by atomic mass is 10.00. The quantitative estimate of drug-likeness (QED) is 0.881. The number of benzene rings is 1. The second kappa shape index (κ2) is 4.35. The Hall–Kier alpha value is -2.43. The highest BCUT2D eigenvalue weighted by atomic mass is 16.4. The normalized spacial score (nSPS) is 15.3. The van der Waals surface area contributed by atoms with Crippen molar-refractivity contribution >= 4 is 22.8 Å². The molecular weight excluding hydrogens is 244 g/mol. The first kappa shape index (κ1) is 11.6. The summed E-state index contributed by atoms with van der Waals surface area (Å²) < 4.78 is 0. The second-order valence-electron chi connectivity index (χ2n) is 4.63. The van der Waals surface area contributed by atoms with Crippen LogP contribution in [0.1, 0.15) is 10.5 Å². The van der Waals surface area contributed by atoms with Gasteiger partial charge in [0.1, 0.15) is 5.69 Å². The van der Waals surface area contributed by atoms with Gasteiger partial charge in [-0.3, -0.25) is 9.59 Å². The third-order valence-corrected chi connectivity index (χ3v) is 3.34. The Kier molecular flexibility index (Phi) is 2.67. The maximum Gasteiger partial charge on any atom is 0.310 e. The van der Waals surface area contributed by atoms with Crippen molar-refractivity contribution in [2.45, 2.75) is 0 Å². The van der Waals surface area contributed by atoms with Gasteiger partial charge in [0.2, 0.25) is 0 Å².